The molecule has 0 bridgehead atoms. The minimum absolute atomic E-state index is 0.0266. The Balaban J connectivity index is 1.95. The van der Waals surface area contributed by atoms with Gasteiger partial charge in [0, 0.05) is 6.04 Å². The number of hydrogen-bond donors (Lipinski definition) is 2. The number of carbonyl (C=O) groups is 2. The zero-order chi connectivity index (χ0) is 13.8. The summed E-state index contributed by atoms with van der Waals surface area (Å²) in [7, 11) is 0. The van der Waals surface area contributed by atoms with Gasteiger partial charge in [0.05, 0.1) is 12.0 Å². The standard InChI is InChI=1S/C15H19NO3/c1-10-4-2-7-13(10)16-14(17)9-11-5-3-6-12(8-11)15(18)19/h3,5-6,8,10,13H,2,4,7,9H2,1H3,(H,16,17)(H,18,19). The minimum Gasteiger partial charge on any atom is -0.478 e. The molecule has 102 valence electrons. The molecule has 4 heteroatoms. The van der Waals surface area contributed by atoms with Gasteiger partial charge in [0.2, 0.25) is 5.91 Å². The van der Waals surface area contributed by atoms with Crippen molar-refractivity contribution in [2.24, 2.45) is 5.92 Å². The van der Waals surface area contributed by atoms with Crippen molar-refractivity contribution in [3.63, 3.8) is 0 Å². The number of carbonyl (C=O) groups excluding carboxylic acids is 1. The van der Waals surface area contributed by atoms with E-state index < -0.39 is 5.97 Å². The molecule has 2 unspecified atom stereocenters. The van der Waals surface area contributed by atoms with Crippen LogP contribution in [0.1, 0.15) is 42.1 Å². The summed E-state index contributed by atoms with van der Waals surface area (Å²) in [5.74, 6) is -0.456. The summed E-state index contributed by atoms with van der Waals surface area (Å²) in [6.45, 7) is 2.16. The predicted molar refractivity (Wildman–Crippen MR) is 72.1 cm³/mol. The van der Waals surface area contributed by atoms with Crippen LogP contribution in [0, 0.1) is 5.92 Å². The second-order valence-electron chi connectivity index (χ2n) is 5.26. The first-order chi connectivity index (χ1) is 9.06. The summed E-state index contributed by atoms with van der Waals surface area (Å²) < 4.78 is 0. The van der Waals surface area contributed by atoms with E-state index in [-0.39, 0.29) is 23.9 Å². The van der Waals surface area contributed by atoms with Crippen LogP contribution in [0.15, 0.2) is 24.3 Å². The Morgan fingerprint density at radius 2 is 2.16 bits per heavy atom. The van der Waals surface area contributed by atoms with Crippen LogP contribution in [-0.4, -0.2) is 23.0 Å². The molecule has 1 aliphatic carbocycles. The lowest BCUT2D eigenvalue weighted by Crippen LogP contribution is -2.37. The molecular formula is C15H19NO3. The monoisotopic (exact) mass is 261 g/mol. The van der Waals surface area contributed by atoms with Crippen LogP contribution in [0.5, 0.6) is 0 Å². The molecule has 19 heavy (non-hydrogen) atoms. The van der Waals surface area contributed by atoms with E-state index in [9.17, 15) is 9.59 Å². The fourth-order valence-electron chi connectivity index (χ4n) is 2.62. The van der Waals surface area contributed by atoms with Crippen LogP contribution < -0.4 is 5.32 Å². The molecule has 1 aromatic carbocycles. The van der Waals surface area contributed by atoms with Gasteiger partial charge in [0.15, 0.2) is 0 Å². The molecule has 2 rings (SSSR count). The van der Waals surface area contributed by atoms with E-state index in [0.29, 0.717) is 5.92 Å². The van der Waals surface area contributed by atoms with Gasteiger partial charge in [-0.15, -0.1) is 0 Å². The minimum atomic E-state index is -0.966. The number of rotatable bonds is 4. The van der Waals surface area contributed by atoms with Gasteiger partial charge in [-0.3, -0.25) is 4.79 Å². The highest BCUT2D eigenvalue weighted by Crippen LogP contribution is 2.24. The van der Waals surface area contributed by atoms with Crippen molar-refractivity contribution in [2.75, 3.05) is 0 Å². The Labute approximate surface area is 112 Å². The van der Waals surface area contributed by atoms with Gasteiger partial charge < -0.3 is 10.4 Å². The van der Waals surface area contributed by atoms with Crippen molar-refractivity contribution in [3.05, 3.63) is 35.4 Å². The quantitative estimate of drug-likeness (QED) is 0.873. The van der Waals surface area contributed by atoms with Crippen LogP contribution in [-0.2, 0) is 11.2 Å². The van der Waals surface area contributed by atoms with Crippen molar-refractivity contribution >= 4 is 11.9 Å². The molecule has 0 heterocycles. The van der Waals surface area contributed by atoms with E-state index in [2.05, 4.69) is 12.2 Å². The maximum atomic E-state index is 11.9. The largest absolute Gasteiger partial charge is 0.478 e. The fourth-order valence-corrected chi connectivity index (χ4v) is 2.62. The van der Waals surface area contributed by atoms with Crippen molar-refractivity contribution in [1.82, 2.24) is 5.32 Å². The third kappa shape index (κ3) is 3.56. The molecule has 2 atom stereocenters. The molecule has 0 saturated heterocycles. The molecule has 1 aliphatic rings. The van der Waals surface area contributed by atoms with Gasteiger partial charge in [0.1, 0.15) is 0 Å². The van der Waals surface area contributed by atoms with Crippen LogP contribution in [0.4, 0.5) is 0 Å². The third-order valence-corrected chi connectivity index (χ3v) is 3.75. The van der Waals surface area contributed by atoms with Crippen molar-refractivity contribution in [3.8, 4) is 0 Å². The average Bonchev–Trinajstić information content (AvgIpc) is 2.75. The van der Waals surface area contributed by atoms with Crippen LogP contribution in [0.2, 0.25) is 0 Å². The third-order valence-electron chi connectivity index (χ3n) is 3.75. The second kappa shape index (κ2) is 5.87. The molecule has 4 nitrogen and oxygen atoms in total. The maximum absolute atomic E-state index is 11.9. The van der Waals surface area contributed by atoms with E-state index in [0.717, 1.165) is 12.0 Å². The van der Waals surface area contributed by atoms with E-state index in [4.69, 9.17) is 5.11 Å². The first-order valence-corrected chi connectivity index (χ1v) is 6.68. The van der Waals surface area contributed by atoms with Crippen LogP contribution in [0.25, 0.3) is 0 Å². The van der Waals surface area contributed by atoms with Crippen LogP contribution in [0.3, 0.4) is 0 Å². The first kappa shape index (κ1) is 13.6. The number of amides is 1. The van der Waals surface area contributed by atoms with Gasteiger partial charge in [-0.25, -0.2) is 4.79 Å². The van der Waals surface area contributed by atoms with Crippen molar-refractivity contribution in [1.29, 1.82) is 0 Å². The highest BCUT2D eigenvalue weighted by molar-refractivity contribution is 5.88. The SMILES string of the molecule is CC1CCCC1NC(=O)Cc1cccc(C(=O)O)c1. The molecule has 0 aromatic heterocycles. The Hall–Kier alpha value is -1.84. The molecule has 1 aromatic rings. The van der Waals surface area contributed by atoms with E-state index in [1.54, 1.807) is 18.2 Å². The lowest BCUT2D eigenvalue weighted by atomic mass is 10.0. The second-order valence-corrected chi connectivity index (χ2v) is 5.26. The number of carboxylic acids is 1. The molecular weight excluding hydrogens is 242 g/mol. The highest BCUT2D eigenvalue weighted by atomic mass is 16.4. The zero-order valence-electron chi connectivity index (χ0n) is 11.1. The van der Waals surface area contributed by atoms with Crippen molar-refractivity contribution < 1.29 is 14.7 Å². The molecule has 2 N–H and O–H groups in total. The van der Waals surface area contributed by atoms with Gasteiger partial charge in [-0.1, -0.05) is 25.5 Å². The molecule has 0 radical (unpaired) electrons. The number of hydrogen-bond acceptors (Lipinski definition) is 2. The normalized spacial score (nSPS) is 22.2. The van der Waals surface area contributed by atoms with E-state index in [1.807, 2.05) is 0 Å². The number of benzene rings is 1. The maximum Gasteiger partial charge on any atom is 0.335 e. The summed E-state index contributed by atoms with van der Waals surface area (Å²) in [5, 5.41) is 11.9. The number of carboxylic acid groups (broad SMARTS) is 1. The Kier molecular flexibility index (Phi) is 4.20. The van der Waals surface area contributed by atoms with Gasteiger partial charge in [-0.05, 0) is 36.5 Å². The number of aromatic carboxylic acids is 1. The summed E-state index contributed by atoms with van der Waals surface area (Å²) >= 11 is 0. The predicted octanol–water partition coefficient (Wildman–Crippen LogP) is 2.23. The lowest BCUT2D eigenvalue weighted by Gasteiger charge is -2.17. The molecule has 0 spiro atoms. The Bertz CT molecular complexity index is 484. The van der Waals surface area contributed by atoms with Gasteiger partial charge in [0.25, 0.3) is 0 Å². The highest BCUT2D eigenvalue weighted by Gasteiger charge is 2.24. The van der Waals surface area contributed by atoms with E-state index in [1.165, 1.54) is 18.9 Å². The molecule has 1 amide bonds. The fraction of sp³-hybridized carbons (Fsp3) is 0.467. The summed E-state index contributed by atoms with van der Waals surface area (Å²) in [5.41, 5.74) is 0.961. The molecule has 0 aliphatic heterocycles. The smallest absolute Gasteiger partial charge is 0.335 e. The summed E-state index contributed by atoms with van der Waals surface area (Å²) in [6, 6.07) is 6.81. The summed E-state index contributed by atoms with van der Waals surface area (Å²) in [6.07, 6.45) is 3.62. The number of nitrogens with one attached hydrogen (secondary N) is 1. The Morgan fingerprint density at radius 3 is 2.79 bits per heavy atom. The molecule has 1 saturated carbocycles. The van der Waals surface area contributed by atoms with Gasteiger partial charge in [-0.2, -0.15) is 0 Å². The average molecular weight is 261 g/mol. The topological polar surface area (TPSA) is 66.4 Å². The zero-order valence-corrected chi connectivity index (χ0v) is 11.1. The van der Waals surface area contributed by atoms with Gasteiger partial charge >= 0.3 is 5.97 Å². The van der Waals surface area contributed by atoms with Crippen LogP contribution >= 0.6 is 0 Å². The van der Waals surface area contributed by atoms with Crippen molar-refractivity contribution in [2.45, 2.75) is 38.6 Å². The lowest BCUT2D eigenvalue weighted by molar-refractivity contribution is -0.121. The summed E-state index contributed by atoms with van der Waals surface area (Å²) in [4.78, 5) is 22.8. The van der Waals surface area contributed by atoms with E-state index >= 15 is 0 Å². The first-order valence-electron chi connectivity index (χ1n) is 6.68. The molecule has 1 fully saturated rings. The Morgan fingerprint density at radius 1 is 1.37 bits per heavy atom.